The fourth-order valence-electron chi connectivity index (χ4n) is 14.8. The summed E-state index contributed by atoms with van der Waals surface area (Å²) in [5.74, 6) is -19.5. The van der Waals surface area contributed by atoms with Crippen LogP contribution in [0.3, 0.4) is 0 Å². The molecule has 34 N–H and O–H groups in total. The van der Waals surface area contributed by atoms with Crippen molar-refractivity contribution in [3.05, 3.63) is 167 Å². The second-order valence-electron chi connectivity index (χ2n) is 33.9. The van der Waals surface area contributed by atoms with Gasteiger partial charge in [-0.1, -0.05) is 60.7 Å². The second-order valence-corrected chi connectivity index (χ2v) is 34.6. The van der Waals surface area contributed by atoms with Gasteiger partial charge in [-0.25, -0.2) is 9.78 Å². The molecule has 142 heavy (non-hydrogen) atoms. The average Bonchev–Trinajstić information content (AvgIpc) is 1.63. The van der Waals surface area contributed by atoms with E-state index in [4.69, 9.17) is 34.1 Å². The van der Waals surface area contributed by atoms with Gasteiger partial charge in [0.2, 0.25) is 94.5 Å². The lowest BCUT2D eigenvalue weighted by atomic mass is 10.0. The van der Waals surface area contributed by atoms with Crippen LogP contribution in [0.15, 0.2) is 134 Å². The van der Waals surface area contributed by atoms with Crippen molar-refractivity contribution in [2.45, 2.75) is 213 Å². The van der Waals surface area contributed by atoms with Gasteiger partial charge in [0, 0.05) is 75.0 Å². The molecule has 50 heteroatoms. The summed E-state index contributed by atoms with van der Waals surface area (Å²) in [4.78, 5) is 248. The molecule has 7 rings (SSSR count). The summed E-state index contributed by atoms with van der Waals surface area (Å²) in [7, 11) is 0. The molecular formula is C92H126N24O24S2. The Morgan fingerprint density at radius 3 is 1.11 bits per heavy atom. The number of imidazole rings is 1. The van der Waals surface area contributed by atoms with Crippen molar-refractivity contribution in [2.75, 3.05) is 44.3 Å². The maximum atomic E-state index is 15.0. The quantitative estimate of drug-likeness (QED) is 0.00731. The lowest BCUT2D eigenvalue weighted by molar-refractivity contribution is -0.149. The molecule has 1 aromatic heterocycles. The molecule has 1 aliphatic heterocycles. The van der Waals surface area contributed by atoms with E-state index in [9.17, 15) is 108 Å². The van der Waals surface area contributed by atoms with Crippen molar-refractivity contribution in [3.8, 4) is 28.7 Å². The summed E-state index contributed by atoms with van der Waals surface area (Å²) in [5.41, 5.74) is 31.6. The van der Waals surface area contributed by atoms with Crippen molar-refractivity contribution in [3.63, 3.8) is 0 Å². The number of aliphatic hydroxyl groups excluding tert-OH is 1. The Hall–Kier alpha value is -14.9. The number of aliphatic carboxylic acids is 1. The van der Waals surface area contributed by atoms with Crippen LogP contribution in [0, 0.1) is 5.41 Å². The highest BCUT2D eigenvalue weighted by Gasteiger charge is 2.42. The molecule has 0 bridgehead atoms. The number of nitrogens with zero attached hydrogens (tertiary/aromatic N) is 2. The maximum absolute atomic E-state index is 15.0. The average molecular weight is 2020 g/mol. The molecule has 2 heterocycles. The maximum Gasteiger partial charge on any atom is 0.326 e. The molecule has 5 aromatic carbocycles. The number of hydrogen-bond acceptors (Lipinski definition) is 30. The molecular weight excluding hydrogens is 1890 g/mol. The molecule has 0 radical (unpaired) electrons. The Morgan fingerprint density at radius 2 is 0.732 bits per heavy atom. The first-order valence-electron chi connectivity index (χ1n) is 45.6. The minimum Gasteiger partial charge on any atom is -0.508 e. The number of aromatic hydroxyl groups is 5. The van der Waals surface area contributed by atoms with Gasteiger partial charge in [-0.15, -0.1) is 0 Å². The fourth-order valence-corrected chi connectivity index (χ4v) is 15.3. The summed E-state index contributed by atoms with van der Waals surface area (Å²) < 4.78 is 0. The number of rotatable bonds is 58. The van der Waals surface area contributed by atoms with Crippen molar-refractivity contribution < 1.29 is 117 Å². The topological polar surface area (TPSA) is 798 Å². The van der Waals surface area contributed by atoms with E-state index >= 15 is 9.59 Å². The molecule has 16 atom stereocenters. The normalized spacial score (nSPS) is 15.3. The Balaban J connectivity index is 1.06. The molecule has 1 aliphatic rings. The number of benzene rings is 5. The summed E-state index contributed by atoms with van der Waals surface area (Å²) in [5, 5.41) is 117. The van der Waals surface area contributed by atoms with Crippen LogP contribution < -0.4 is 108 Å². The highest BCUT2D eigenvalue weighted by Crippen LogP contribution is 2.23. The number of nitrogens with one attached hydrogen (secondary N) is 17. The number of carboxylic acids is 1. The third-order valence-corrected chi connectivity index (χ3v) is 23.5. The van der Waals surface area contributed by atoms with Crippen molar-refractivity contribution in [1.29, 1.82) is 5.41 Å². The van der Waals surface area contributed by atoms with E-state index in [-0.39, 0.29) is 119 Å². The summed E-state index contributed by atoms with van der Waals surface area (Å²) >= 11 is 8.58. The molecule has 0 unspecified atom stereocenters. The number of unbranched alkanes of at least 4 members (excludes halogenated alkanes) is 1. The van der Waals surface area contributed by atoms with E-state index in [1.54, 1.807) is 12.1 Å². The third-order valence-electron chi connectivity index (χ3n) is 22.7. The van der Waals surface area contributed by atoms with E-state index < -0.39 is 247 Å². The molecule has 48 nitrogen and oxygen atoms in total. The second kappa shape index (κ2) is 57.6. The monoisotopic (exact) mass is 2010 g/mol. The number of amides is 16. The molecule has 0 saturated carbocycles. The predicted molar refractivity (Wildman–Crippen MR) is 519 cm³/mol. The predicted octanol–water partition coefficient (Wildman–Crippen LogP) is -6.22. The summed E-state index contributed by atoms with van der Waals surface area (Å²) in [6, 6.07) is 2.67. The number of carboxylic acid groups (broad SMARTS) is 1. The zero-order chi connectivity index (χ0) is 104. The minimum absolute atomic E-state index is 0.0113. The van der Waals surface area contributed by atoms with Crippen LogP contribution in [0.2, 0.25) is 0 Å². The van der Waals surface area contributed by atoms with E-state index in [0.29, 0.717) is 46.4 Å². The number of aromatic nitrogens is 2. The number of likely N-dealkylation sites (tertiary alicyclic amines) is 1. The molecule has 1 saturated heterocycles. The Morgan fingerprint density at radius 1 is 0.408 bits per heavy atom. The summed E-state index contributed by atoms with van der Waals surface area (Å²) in [6.07, 6.45) is 0.327. The fraction of sp³-hybridized carbons (Fsp3) is 0.446. The molecule has 16 amide bonds. The number of aromatic amines is 1. The van der Waals surface area contributed by atoms with Gasteiger partial charge in [0.1, 0.15) is 119 Å². The number of hydrogen-bond donors (Lipinski definition) is 31. The van der Waals surface area contributed by atoms with Gasteiger partial charge in [0.25, 0.3) is 0 Å². The van der Waals surface area contributed by atoms with Crippen LogP contribution in [0.25, 0.3) is 0 Å². The third kappa shape index (κ3) is 37.7. The Labute approximate surface area is 827 Å². The van der Waals surface area contributed by atoms with Crippen LogP contribution >= 0.6 is 25.3 Å². The lowest BCUT2D eigenvalue weighted by Gasteiger charge is -2.30. The number of primary amides is 1. The highest BCUT2D eigenvalue weighted by atomic mass is 32.1. The van der Waals surface area contributed by atoms with E-state index in [1.807, 2.05) is 0 Å². The number of carbonyl (C=O) groups excluding carboxylic acids is 16. The van der Waals surface area contributed by atoms with Gasteiger partial charge >= 0.3 is 5.97 Å². The first-order valence-corrected chi connectivity index (χ1v) is 46.9. The number of aliphatic hydroxyl groups is 1. The zero-order valence-corrected chi connectivity index (χ0v) is 79.7. The van der Waals surface area contributed by atoms with Gasteiger partial charge in [0.15, 0.2) is 5.96 Å². The standard InChI is InChI=1S/C92H126N24O24S2/c1-48(103-87(135)71(44-117)113-89(137)72(45-141)114-77(125)49(2)102-83(131)69(42-55-43-99-47-101-55)109-78(126)61(95)37-50-10-20-56(118)21-11-50)76(124)108-66(38-51-12-22-57(119)23-13-51)84(132)107-65(32-34-94)82(130)105-63(8-5-35-100-92(97)98)79(127)110-68(40-53-16-26-59(121)27-17-53)86(134)115-73(46-142)88(136)111-67(39-52-14-24-58(120)25-15-52)85(133)106-64(30-31-75(96)123)81(129)104-62(7-3-4-33-93)80(128)112-70(41-54-18-28-60(122)29-19-54)90(138)116-36-6-9-74(116)91(139)140/h10-29,43,47-49,61-74,117-122,141-142H,3-9,30-42,44-46,93-95H2,1-2H3,(H2,96,123)(H,99,101)(H,102,131)(H,103,135)(H,104,129)(H,105,130)(H,106,133)(H,107,132)(H,108,124)(H,109,126)(H,110,127)(H,111,136)(H,112,128)(H,113,137)(H,114,125)(H,115,134)(H,139,140)(H4,97,98,100)/t48-,49-,61-,62-,63-,64-,65-,66-,67-,68-,69-,70-,71-,72-,73-,74-/m0/s1. The molecule has 0 spiro atoms. The lowest BCUT2D eigenvalue weighted by Crippen LogP contribution is -2.61. The number of phenols is 5. The minimum atomic E-state index is -1.83. The number of nitrogens with two attached hydrogens (primary N) is 5. The number of thiol groups is 2. The first-order chi connectivity index (χ1) is 67.6. The largest absolute Gasteiger partial charge is 0.508 e. The van der Waals surface area contributed by atoms with Gasteiger partial charge < -0.3 is 154 Å². The van der Waals surface area contributed by atoms with Crippen molar-refractivity contribution >= 4 is 132 Å². The number of H-pyrrole nitrogens is 1. The van der Waals surface area contributed by atoms with Crippen molar-refractivity contribution in [2.24, 2.45) is 28.7 Å². The smallest absolute Gasteiger partial charge is 0.326 e. The number of carbonyl (C=O) groups is 17. The van der Waals surface area contributed by atoms with Gasteiger partial charge in [-0.05, 0) is 180 Å². The SMILES string of the molecule is C[C@H](NC(=O)[C@H](CO)NC(=O)[C@H](CS)NC(=O)[C@H](C)NC(=O)[C@H](Cc1cnc[nH]1)NC(=O)[C@@H](N)Cc1ccc(O)cc1)C(=O)N[C@@H](Cc1ccc(O)cc1)C(=O)N[C@@H](CCN)C(=O)N[C@@H](CCCNC(=N)N)C(=O)N[C@@H](Cc1ccc(O)cc1)C(=O)N[C@@H](CS)C(=O)N[C@@H](Cc1ccc(O)cc1)C(=O)N[C@@H](CCC(N)=O)C(=O)N[C@@H](CCCCN)C(=O)N[C@@H](Cc1ccc(O)cc1)C(=O)N1CCC[C@H]1C(=O)O. The van der Waals surface area contributed by atoms with Crippen LogP contribution in [0.4, 0.5) is 0 Å². The molecule has 6 aromatic rings. The summed E-state index contributed by atoms with van der Waals surface area (Å²) in [6.45, 7) is 1.12. The van der Waals surface area contributed by atoms with Gasteiger partial charge in [-0.3, -0.25) is 82.1 Å². The van der Waals surface area contributed by atoms with Crippen LogP contribution in [0.1, 0.15) is 112 Å². The number of guanidine groups is 1. The van der Waals surface area contributed by atoms with Gasteiger partial charge in [0.05, 0.1) is 19.0 Å². The van der Waals surface area contributed by atoms with Crippen molar-refractivity contribution in [1.82, 2.24) is 94.6 Å². The zero-order valence-electron chi connectivity index (χ0n) is 77.9. The van der Waals surface area contributed by atoms with E-state index in [0.717, 1.165) is 4.90 Å². The molecule has 0 aliphatic carbocycles. The van der Waals surface area contributed by atoms with Gasteiger partial charge in [-0.2, -0.15) is 25.3 Å². The van der Waals surface area contributed by atoms with Crippen LogP contribution in [0.5, 0.6) is 28.7 Å². The highest BCUT2D eigenvalue weighted by molar-refractivity contribution is 7.80. The number of phenolic OH excluding ortho intramolecular Hbond substituents is 5. The molecule has 770 valence electrons. The van der Waals surface area contributed by atoms with E-state index in [2.05, 4.69) is 115 Å². The van der Waals surface area contributed by atoms with Crippen LogP contribution in [-0.4, -0.2) is 298 Å². The first kappa shape index (κ1) is 114. The van der Waals surface area contributed by atoms with Crippen LogP contribution in [-0.2, 0) is 120 Å². The Bertz CT molecular complexity index is 5290. The molecule has 1 fully saturated rings. The Kier molecular flexibility index (Phi) is 46.3. The van der Waals surface area contributed by atoms with E-state index in [1.165, 1.54) is 136 Å².